The number of hydrogen-bond donors (Lipinski definition) is 1. The van der Waals surface area contributed by atoms with Gasteiger partial charge in [-0.2, -0.15) is 0 Å². The highest BCUT2D eigenvalue weighted by Crippen LogP contribution is 2.18. The minimum atomic E-state index is -1.000. The van der Waals surface area contributed by atoms with Crippen LogP contribution in [0.25, 0.3) is 0 Å². The molecule has 0 bridgehead atoms. The SMILES string of the molecule is CC(C)CN1CC(C(=O)O)C1=O. The molecule has 1 heterocycles. The first-order chi connectivity index (χ1) is 5.52. The quantitative estimate of drug-likeness (QED) is 0.487. The first-order valence-corrected chi connectivity index (χ1v) is 4.04. The van der Waals surface area contributed by atoms with Gasteiger partial charge in [0.1, 0.15) is 0 Å². The molecule has 1 rings (SSSR count). The topological polar surface area (TPSA) is 57.6 Å². The highest BCUT2D eigenvalue weighted by atomic mass is 16.4. The van der Waals surface area contributed by atoms with E-state index in [1.165, 1.54) is 0 Å². The van der Waals surface area contributed by atoms with Gasteiger partial charge in [-0.25, -0.2) is 0 Å². The molecule has 68 valence electrons. The predicted octanol–water partition coefficient (Wildman–Crippen LogP) is 0.185. The van der Waals surface area contributed by atoms with Crippen LogP contribution in [0.1, 0.15) is 13.8 Å². The standard InChI is InChI=1S/C8H13NO3/c1-5(2)3-9-4-6(7(9)10)8(11)12/h5-6H,3-4H2,1-2H3,(H,11,12). The van der Waals surface area contributed by atoms with E-state index >= 15 is 0 Å². The van der Waals surface area contributed by atoms with E-state index in [2.05, 4.69) is 0 Å². The average Bonchev–Trinajstić information content (AvgIpc) is 1.95. The summed E-state index contributed by atoms with van der Waals surface area (Å²) in [5, 5.41) is 8.51. The Kier molecular flexibility index (Phi) is 2.35. The molecule has 1 aliphatic heterocycles. The van der Waals surface area contributed by atoms with Crippen LogP contribution in [0.4, 0.5) is 0 Å². The van der Waals surface area contributed by atoms with Crippen LogP contribution in [0, 0.1) is 11.8 Å². The highest BCUT2D eigenvalue weighted by molar-refractivity contribution is 6.01. The van der Waals surface area contributed by atoms with Gasteiger partial charge in [0.15, 0.2) is 5.92 Å². The van der Waals surface area contributed by atoms with Crippen LogP contribution in [0.3, 0.4) is 0 Å². The van der Waals surface area contributed by atoms with E-state index in [0.717, 1.165) is 0 Å². The van der Waals surface area contributed by atoms with E-state index in [1.54, 1.807) is 4.90 Å². The molecule has 0 radical (unpaired) electrons. The third kappa shape index (κ3) is 1.57. The number of rotatable bonds is 3. The minimum Gasteiger partial charge on any atom is -0.481 e. The van der Waals surface area contributed by atoms with Crippen LogP contribution in [0.15, 0.2) is 0 Å². The lowest BCUT2D eigenvalue weighted by Gasteiger charge is -2.37. The van der Waals surface area contributed by atoms with Crippen LogP contribution in [0.2, 0.25) is 0 Å². The zero-order valence-electron chi connectivity index (χ0n) is 7.28. The molecule has 1 aliphatic rings. The number of carboxylic acid groups (broad SMARTS) is 1. The number of carbonyl (C=O) groups excluding carboxylic acids is 1. The van der Waals surface area contributed by atoms with E-state index in [0.29, 0.717) is 19.0 Å². The summed E-state index contributed by atoms with van der Waals surface area (Å²) in [6.07, 6.45) is 0. The Labute approximate surface area is 71.2 Å². The minimum absolute atomic E-state index is 0.240. The van der Waals surface area contributed by atoms with Crippen molar-refractivity contribution < 1.29 is 14.7 Å². The Morgan fingerprint density at radius 2 is 2.33 bits per heavy atom. The molecule has 0 spiro atoms. The van der Waals surface area contributed by atoms with Crippen LogP contribution in [-0.2, 0) is 9.59 Å². The second-order valence-electron chi connectivity index (χ2n) is 3.53. The maximum atomic E-state index is 11.1. The monoisotopic (exact) mass is 171 g/mol. The summed E-state index contributed by atoms with van der Waals surface area (Å²) in [6.45, 7) is 5.05. The maximum Gasteiger partial charge on any atom is 0.317 e. The van der Waals surface area contributed by atoms with Crippen LogP contribution in [-0.4, -0.2) is 35.0 Å². The molecule has 4 nitrogen and oxygen atoms in total. The van der Waals surface area contributed by atoms with Crippen molar-refractivity contribution in [1.29, 1.82) is 0 Å². The van der Waals surface area contributed by atoms with Crippen molar-refractivity contribution in [2.24, 2.45) is 11.8 Å². The zero-order chi connectivity index (χ0) is 9.30. The van der Waals surface area contributed by atoms with E-state index in [4.69, 9.17) is 5.11 Å². The zero-order valence-corrected chi connectivity index (χ0v) is 7.28. The van der Waals surface area contributed by atoms with Gasteiger partial charge in [-0.3, -0.25) is 9.59 Å². The van der Waals surface area contributed by atoms with Crippen molar-refractivity contribution in [2.75, 3.05) is 13.1 Å². The number of carboxylic acids is 1. The fraction of sp³-hybridized carbons (Fsp3) is 0.750. The summed E-state index contributed by atoms with van der Waals surface area (Å²) in [4.78, 5) is 23.0. The second-order valence-corrected chi connectivity index (χ2v) is 3.53. The van der Waals surface area contributed by atoms with Crippen LogP contribution >= 0.6 is 0 Å². The fourth-order valence-electron chi connectivity index (χ4n) is 1.29. The Hall–Kier alpha value is -1.06. The maximum absolute atomic E-state index is 11.1. The van der Waals surface area contributed by atoms with Crippen molar-refractivity contribution >= 4 is 11.9 Å². The molecule has 12 heavy (non-hydrogen) atoms. The largest absolute Gasteiger partial charge is 0.481 e. The molecule has 1 amide bonds. The van der Waals surface area contributed by atoms with Crippen molar-refractivity contribution in [3.8, 4) is 0 Å². The summed E-state index contributed by atoms with van der Waals surface area (Å²) < 4.78 is 0. The smallest absolute Gasteiger partial charge is 0.317 e. The summed E-state index contributed by atoms with van der Waals surface area (Å²) in [5.74, 6) is -1.61. The Morgan fingerprint density at radius 1 is 1.75 bits per heavy atom. The summed E-state index contributed by atoms with van der Waals surface area (Å²) in [5.41, 5.74) is 0. The van der Waals surface area contributed by atoms with Crippen LogP contribution < -0.4 is 0 Å². The molecule has 0 aliphatic carbocycles. The van der Waals surface area contributed by atoms with Crippen LogP contribution in [0.5, 0.6) is 0 Å². The number of likely N-dealkylation sites (tertiary alicyclic amines) is 1. The summed E-state index contributed by atoms with van der Waals surface area (Å²) in [6, 6.07) is 0. The van der Waals surface area contributed by atoms with Gasteiger partial charge in [0.2, 0.25) is 5.91 Å². The van der Waals surface area contributed by atoms with Gasteiger partial charge in [-0.05, 0) is 5.92 Å². The lowest BCUT2D eigenvalue weighted by molar-refractivity contribution is -0.162. The average molecular weight is 171 g/mol. The lowest BCUT2D eigenvalue weighted by Crippen LogP contribution is -2.56. The van der Waals surface area contributed by atoms with Gasteiger partial charge >= 0.3 is 5.97 Å². The molecule has 1 atom stereocenters. The molecular formula is C8H13NO3. The Balaban J connectivity index is 2.39. The van der Waals surface area contributed by atoms with E-state index < -0.39 is 11.9 Å². The third-order valence-corrected chi connectivity index (χ3v) is 1.90. The van der Waals surface area contributed by atoms with Gasteiger partial charge in [0.25, 0.3) is 0 Å². The van der Waals surface area contributed by atoms with Gasteiger partial charge < -0.3 is 10.0 Å². The molecule has 0 saturated carbocycles. The highest BCUT2D eigenvalue weighted by Gasteiger charge is 2.41. The molecule has 0 aromatic rings. The number of aliphatic carboxylic acids is 1. The molecule has 1 fully saturated rings. The van der Waals surface area contributed by atoms with Gasteiger partial charge in [0.05, 0.1) is 0 Å². The van der Waals surface area contributed by atoms with Gasteiger partial charge in [-0.15, -0.1) is 0 Å². The molecule has 1 saturated heterocycles. The Bertz CT molecular complexity index is 212. The first kappa shape index (κ1) is 9.03. The second kappa shape index (κ2) is 3.13. The van der Waals surface area contributed by atoms with E-state index in [-0.39, 0.29) is 5.91 Å². The summed E-state index contributed by atoms with van der Waals surface area (Å²) >= 11 is 0. The predicted molar refractivity (Wildman–Crippen MR) is 42.5 cm³/mol. The molecule has 0 aromatic heterocycles. The Morgan fingerprint density at radius 3 is 2.67 bits per heavy atom. The van der Waals surface area contributed by atoms with Crippen molar-refractivity contribution in [2.45, 2.75) is 13.8 Å². The van der Waals surface area contributed by atoms with Gasteiger partial charge in [0, 0.05) is 13.1 Å². The summed E-state index contributed by atoms with van der Waals surface area (Å²) in [7, 11) is 0. The normalized spacial score (nSPS) is 22.8. The molecule has 0 aromatic carbocycles. The molecule has 4 heteroatoms. The molecular weight excluding hydrogens is 158 g/mol. The number of carbonyl (C=O) groups is 2. The van der Waals surface area contributed by atoms with Crippen molar-refractivity contribution in [3.63, 3.8) is 0 Å². The van der Waals surface area contributed by atoms with E-state index in [1.807, 2.05) is 13.8 Å². The number of β-lactam (4-membered cyclic amide) rings is 1. The number of amides is 1. The van der Waals surface area contributed by atoms with E-state index in [9.17, 15) is 9.59 Å². The first-order valence-electron chi connectivity index (χ1n) is 4.04. The van der Waals surface area contributed by atoms with Crippen molar-refractivity contribution in [3.05, 3.63) is 0 Å². The van der Waals surface area contributed by atoms with Crippen molar-refractivity contribution in [1.82, 2.24) is 4.90 Å². The molecule has 1 N–H and O–H groups in total. The number of nitrogens with zero attached hydrogens (tertiary/aromatic N) is 1. The van der Waals surface area contributed by atoms with Gasteiger partial charge in [-0.1, -0.05) is 13.8 Å². The lowest BCUT2D eigenvalue weighted by atomic mass is 9.98. The molecule has 1 unspecified atom stereocenters. The number of hydrogen-bond acceptors (Lipinski definition) is 2. The third-order valence-electron chi connectivity index (χ3n) is 1.90. The fourth-order valence-corrected chi connectivity index (χ4v) is 1.29.